The van der Waals surface area contributed by atoms with Crippen molar-refractivity contribution in [2.45, 2.75) is 32.7 Å². The minimum atomic E-state index is 0.466. The summed E-state index contributed by atoms with van der Waals surface area (Å²) in [7, 11) is 0. The minimum Gasteiger partial charge on any atom is -0.381 e. The third-order valence-corrected chi connectivity index (χ3v) is 4.61. The number of nitrogens with zero attached hydrogens (tertiary/aromatic N) is 4. The van der Waals surface area contributed by atoms with Crippen LogP contribution < -0.4 is 0 Å². The van der Waals surface area contributed by atoms with E-state index in [0.29, 0.717) is 6.04 Å². The van der Waals surface area contributed by atoms with Crippen molar-refractivity contribution in [3.63, 3.8) is 0 Å². The van der Waals surface area contributed by atoms with E-state index in [1.807, 2.05) is 17.8 Å². The maximum Gasteiger partial charge on any atom is 0.140 e. The molecular weight excluding hydrogens is 300 g/mol. The van der Waals surface area contributed by atoms with Gasteiger partial charge in [-0.25, -0.2) is 9.67 Å². The Morgan fingerprint density at radius 1 is 1.12 bits per heavy atom. The minimum absolute atomic E-state index is 0.466. The topological polar surface area (TPSA) is 44.9 Å². The Hall–Kier alpha value is -2.40. The summed E-state index contributed by atoms with van der Waals surface area (Å²) in [6.07, 6.45) is 6.06. The lowest BCUT2D eigenvalue weighted by Crippen LogP contribution is -2.19. The molecule has 124 valence electrons. The molecule has 1 fully saturated rings. The fourth-order valence-electron chi connectivity index (χ4n) is 3.46. The average Bonchev–Trinajstić information content (AvgIpc) is 3.22. The third kappa shape index (κ3) is 2.76. The van der Waals surface area contributed by atoms with Crippen LogP contribution in [0.25, 0.3) is 17.1 Å². The van der Waals surface area contributed by atoms with E-state index in [4.69, 9.17) is 4.74 Å². The van der Waals surface area contributed by atoms with Gasteiger partial charge in [0.25, 0.3) is 0 Å². The van der Waals surface area contributed by atoms with Crippen LogP contribution in [0, 0.1) is 13.8 Å². The normalized spacial score (nSPS) is 15.8. The van der Waals surface area contributed by atoms with E-state index in [0.717, 1.165) is 54.5 Å². The average molecular weight is 322 g/mol. The van der Waals surface area contributed by atoms with Gasteiger partial charge in [-0.2, -0.15) is 5.10 Å². The number of ether oxygens (including phenoxy) is 1. The quantitative estimate of drug-likeness (QED) is 0.738. The first kappa shape index (κ1) is 15.1. The second-order valence-electron chi connectivity index (χ2n) is 6.39. The van der Waals surface area contributed by atoms with Gasteiger partial charge in [0.1, 0.15) is 5.82 Å². The van der Waals surface area contributed by atoms with E-state index in [9.17, 15) is 0 Å². The molecule has 5 heteroatoms. The van der Waals surface area contributed by atoms with Crippen molar-refractivity contribution >= 4 is 0 Å². The molecule has 0 bridgehead atoms. The molecule has 1 aromatic carbocycles. The van der Waals surface area contributed by atoms with Gasteiger partial charge in [-0.3, -0.25) is 0 Å². The van der Waals surface area contributed by atoms with E-state index in [-0.39, 0.29) is 0 Å². The highest BCUT2D eigenvalue weighted by atomic mass is 16.5. The zero-order valence-electron chi connectivity index (χ0n) is 14.1. The van der Waals surface area contributed by atoms with Gasteiger partial charge in [-0.1, -0.05) is 12.1 Å². The number of hydrogen-bond donors (Lipinski definition) is 0. The standard InChI is InChI=1S/C19H22N4O/c1-14-12-15(2)23(21-14)18-5-3-4-16(13-18)19-20-8-9-22(19)17-6-10-24-11-7-17/h3-5,8-9,12-13,17H,6-7,10-11H2,1-2H3. The van der Waals surface area contributed by atoms with Gasteiger partial charge in [0.05, 0.1) is 11.4 Å². The SMILES string of the molecule is Cc1cc(C)n(-c2cccc(-c3nccn3C3CCOCC3)c2)n1. The second kappa shape index (κ2) is 6.24. The van der Waals surface area contributed by atoms with Gasteiger partial charge in [-0.15, -0.1) is 0 Å². The maximum atomic E-state index is 5.49. The molecule has 0 aliphatic carbocycles. The van der Waals surface area contributed by atoms with Crippen LogP contribution in [0.2, 0.25) is 0 Å². The Bertz CT molecular complexity index is 843. The number of benzene rings is 1. The molecule has 5 nitrogen and oxygen atoms in total. The monoisotopic (exact) mass is 322 g/mol. The third-order valence-electron chi connectivity index (χ3n) is 4.61. The molecule has 0 spiro atoms. The van der Waals surface area contributed by atoms with Crippen LogP contribution in [0.3, 0.4) is 0 Å². The molecule has 0 N–H and O–H groups in total. The van der Waals surface area contributed by atoms with Crippen LogP contribution in [0.1, 0.15) is 30.3 Å². The second-order valence-corrected chi connectivity index (χ2v) is 6.39. The molecule has 0 saturated carbocycles. The van der Waals surface area contributed by atoms with Crippen molar-refractivity contribution in [1.82, 2.24) is 19.3 Å². The molecule has 0 unspecified atom stereocenters. The summed E-state index contributed by atoms with van der Waals surface area (Å²) in [5.41, 5.74) is 4.36. The van der Waals surface area contributed by atoms with E-state index in [2.05, 4.69) is 58.1 Å². The zero-order valence-corrected chi connectivity index (χ0v) is 14.1. The maximum absolute atomic E-state index is 5.49. The number of aryl methyl sites for hydroxylation is 2. The number of hydrogen-bond acceptors (Lipinski definition) is 3. The van der Waals surface area contributed by atoms with Crippen molar-refractivity contribution in [2.75, 3.05) is 13.2 Å². The lowest BCUT2D eigenvalue weighted by atomic mass is 10.1. The van der Waals surface area contributed by atoms with Crippen LogP contribution in [-0.2, 0) is 4.74 Å². The Kier molecular flexibility index (Phi) is 3.94. The van der Waals surface area contributed by atoms with Crippen LogP contribution >= 0.6 is 0 Å². The predicted molar refractivity (Wildman–Crippen MR) is 93.3 cm³/mol. The van der Waals surface area contributed by atoms with Gasteiger partial charge in [0.15, 0.2) is 0 Å². The Morgan fingerprint density at radius 3 is 2.71 bits per heavy atom. The molecule has 4 rings (SSSR count). The van der Waals surface area contributed by atoms with Crippen LogP contribution in [-0.4, -0.2) is 32.5 Å². The fraction of sp³-hybridized carbons (Fsp3) is 0.368. The molecular formula is C19H22N4O. The summed E-state index contributed by atoms with van der Waals surface area (Å²) in [6, 6.07) is 11.0. The summed E-state index contributed by atoms with van der Waals surface area (Å²) in [5, 5.41) is 4.59. The molecule has 1 aliphatic rings. The summed E-state index contributed by atoms with van der Waals surface area (Å²) in [4.78, 5) is 4.62. The van der Waals surface area contributed by atoms with Crippen molar-refractivity contribution in [1.29, 1.82) is 0 Å². The van der Waals surface area contributed by atoms with E-state index in [1.165, 1.54) is 0 Å². The van der Waals surface area contributed by atoms with Gasteiger partial charge in [0, 0.05) is 42.9 Å². The highest BCUT2D eigenvalue weighted by Gasteiger charge is 2.19. The summed E-state index contributed by atoms with van der Waals surface area (Å²) in [5.74, 6) is 1.02. The smallest absolute Gasteiger partial charge is 0.140 e. The first-order valence-electron chi connectivity index (χ1n) is 8.47. The number of aromatic nitrogens is 4. The molecule has 24 heavy (non-hydrogen) atoms. The number of rotatable bonds is 3. The highest BCUT2D eigenvalue weighted by molar-refractivity contribution is 5.60. The zero-order chi connectivity index (χ0) is 16.5. The molecule has 1 aliphatic heterocycles. The van der Waals surface area contributed by atoms with E-state index in [1.54, 1.807) is 0 Å². The molecule has 0 atom stereocenters. The number of imidazole rings is 1. The molecule has 3 heterocycles. The lowest BCUT2D eigenvalue weighted by molar-refractivity contribution is 0.0700. The van der Waals surface area contributed by atoms with Crippen molar-refractivity contribution in [2.24, 2.45) is 0 Å². The Labute approximate surface area is 141 Å². The van der Waals surface area contributed by atoms with Crippen LogP contribution in [0.5, 0.6) is 0 Å². The van der Waals surface area contributed by atoms with E-state index >= 15 is 0 Å². The summed E-state index contributed by atoms with van der Waals surface area (Å²) < 4.78 is 9.77. The lowest BCUT2D eigenvalue weighted by Gasteiger charge is -2.25. The molecule has 0 amide bonds. The molecule has 3 aromatic rings. The first-order valence-corrected chi connectivity index (χ1v) is 8.47. The predicted octanol–water partition coefficient (Wildman–Crippen LogP) is 3.70. The Morgan fingerprint density at radius 2 is 1.96 bits per heavy atom. The van der Waals surface area contributed by atoms with Gasteiger partial charge >= 0.3 is 0 Å². The van der Waals surface area contributed by atoms with Crippen LogP contribution in [0.4, 0.5) is 0 Å². The summed E-state index contributed by atoms with van der Waals surface area (Å²) >= 11 is 0. The van der Waals surface area contributed by atoms with E-state index < -0.39 is 0 Å². The highest BCUT2D eigenvalue weighted by Crippen LogP contribution is 2.28. The largest absolute Gasteiger partial charge is 0.381 e. The van der Waals surface area contributed by atoms with Gasteiger partial charge in [0.2, 0.25) is 0 Å². The summed E-state index contributed by atoms with van der Waals surface area (Å²) in [6.45, 7) is 5.75. The Balaban J connectivity index is 1.72. The van der Waals surface area contributed by atoms with Crippen molar-refractivity contribution in [3.8, 4) is 17.1 Å². The van der Waals surface area contributed by atoms with Gasteiger partial charge < -0.3 is 9.30 Å². The molecule has 1 saturated heterocycles. The van der Waals surface area contributed by atoms with Crippen LogP contribution in [0.15, 0.2) is 42.7 Å². The molecule has 2 aromatic heterocycles. The van der Waals surface area contributed by atoms with Crippen molar-refractivity contribution < 1.29 is 4.74 Å². The first-order chi connectivity index (χ1) is 11.7. The van der Waals surface area contributed by atoms with Gasteiger partial charge in [-0.05, 0) is 44.9 Å². The van der Waals surface area contributed by atoms with Crippen molar-refractivity contribution in [3.05, 3.63) is 54.1 Å². The molecule has 0 radical (unpaired) electrons. The fourth-order valence-corrected chi connectivity index (χ4v) is 3.46.